The molecule has 0 radical (unpaired) electrons. The van der Waals surface area contributed by atoms with Crippen molar-refractivity contribution in [3.05, 3.63) is 60.2 Å². The zero-order valence-corrected chi connectivity index (χ0v) is 22.3. The normalized spacial score (nSPS) is 13.3. The number of amides is 3. The molecule has 2 aromatic rings. The van der Waals surface area contributed by atoms with Gasteiger partial charge in [-0.25, -0.2) is 4.79 Å². The Hall–Kier alpha value is -4.06. The molecule has 3 atom stereocenters. The van der Waals surface area contributed by atoms with Gasteiger partial charge in [0.25, 0.3) is 5.91 Å². The van der Waals surface area contributed by atoms with Crippen LogP contribution in [0.2, 0.25) is 0 Å². The Balaban J connectivity index is 2.46. The van der Waals surface area contributed by atoms with Crippen LogP contribution >= 0.6 is 0 Å². The number of rotatable bonds is 10. The van der Waals surface area contributed by atoms with Crippen LogP contribution in [0.3, 0.4) is 0 Å². The highest BCUT2D eigenvalue weighted by atomic mass is 16.6. The largest absolute Gasteiger partial charge is 0.497 e. The summed E-state index contributed by atoms with van der Waals surface area (Å²) in [6.45, 7) is 8.52. The molecule has 2 N–H and O–H groups in total. The van der Waals surface area contributed by atoms with E-state index in [9.17, 15) is 19.6 Å². The van der Waals surface area contributed by atoms with Gasteiger partial charge in [0.1, 0.15) is 30.0 Å². The molecule has 0 fully saturated rings. The number of hydrogen-bond acceptors (Lipinski definition) is 6. The SMILES string of the molecule is CCC(C)C(NC(=O)OC(C)(C)C)C(=O)N(CC#N)C(C(=O)Nc1ccc(OC)cc1)c1ccccc1. The molecule has 0 saturated heterocycles. The van der Waals surface area contributed by atoms with Gasteiger partial charge in [0.05, 0.1) is 13.2 Å². The van der Waals surface area contributed by atoms with Crippen LogP contribution in [-0.4, -0.2) is 48.1 Å². The maximum Gasteiger partial charge on any atom is 0.408 e. The summed E-state index contributed by atoms with van der Waals surface area (Å²) in [5.74, 6) is -0.716. The van der Waals surface area contributed by atoms with E-state index in [0.29, 0.717) is 23.4 Å². The third-order valence-electron chi connectivity index (χ3n) is 5.71. The molecule has 2 aromatic carbocycles. The lowest BCUT2D eigenvalue weighted by molar-refractivity contribution is -0.141. The van der Waals surface area contributed by atoms with Crippen molar-refractivity contribution < 1.29 is 23.9 Å². The van der Waals surface area contributed by atoms with Crippen molar-refractivity contribution in [2.24, 2.45) is 5.92 Å². The van der Waals surface area contributed by atoms with Gasteiger partial charge in [-0.05, 0) is 56.5 Å². The molecule has 198 valence electrons. The van der Waals surface area contributed by atoms with Gasteiger partial charge in [-0.2, -0.15) is 5.26 Å². The monoisotopic (exact) mass is 508 g/mol. The summed E-state index contributed by atoms with van der Waals surface area (Å²) in [5, 5.41) is 15.1. The van der Waals surface area contributed by atoms with E-state index in [4.69, 9.17) is 9.47 Å². The fraction of sp³-hybridized carbons (Fsp3) is 0.429. The predicted octanol–water partition coefficient (Wildman–Crippen LogP) is 4.67. The van der Waals surface area contributed by atoms with E-state index in [-0.39, 0.29) is 12.5 Å². The van der Waals surface area contributed by atoms with Crippen molar-refractivity contribution >= 4 is 23.6 Å². The zero-order valence-electron chi connectivity index (χ0n) is 22.3. The highest BCUT2D eigenvalue weighted by molar-refractivity contribution is 5.99. The van der Waals surface area contributed by atoms with E-state index in [2.05, 4.69) is 10.6 Å². The van der Waals surface area contributed by atoms with Crippen molar-refractivity contribution in [2.45, 2.75) is 58.7 Å². The van der Waals surface area contributed by atoms with Crippen LogP contribution in [0.4, 0.5) is 10.5 Å². The minimum atomic E-state index is -1.12. The van der Waals surface area contributed by atoms with Crippen LogP contribution < -0.4 is 15.4 Å². The smallest absolute Gasteiger partial charge is 0.408 e. The number of ether oxygens (including phenoxy) is 2. The first-order chi connectivity index (χ1) is 17.5. The Morgan fingerprint density at radius 1 is 1.05 bits per heavy atom. The number of hydrogen-bond donors (Lipinski definition) is 2. The molecule has 0 spiro atoms. The van der Waals surface area contributed by atoms with Gasteiger partial charge >= 0.3 is 6.09 Å². The molecule has 3 amide bonds. The maximum atomic E-state index is 13.9. The van der Waals surface area contributed by atoms with Gasteiger partial charge in [0.2, 0.25) is 5.91 Å². The fourth-order valence-electron chi connectivity index (χ4n) is 3.66. The zero-order chi connectivity index (χ0) is 27.6. The van der Waals surface area contributed by atoms with E-state index in [1.165, 1.54) is 4.90 Å². The number of nitriles is 1. The Bertz CT molecular complexity index is 1090. The maximum absolute atomic E-state index is 13.9. The van der Waals surface area contributed by atoms with Gasteiger partial charge in [-0.15, -0.1) is 0 Å². The Morgan fingerprint density at radius 2 is 1.68 bits per heavy atom. The summed E-state index contributed by atoms with van der Waals surface area (Å²) >= 11 is 0. The van der Waals surface area contributed by atoms with Crippen molar-refractivity contribution in [1.29, 1.82) is 5.26 Å². The highest BCUT2D eigenvalue weighted by Crippen LogP contribution is 2.26. The Labute approximate surface area is 218 Å². The molecule has 9 nitrogen and oxygen atoms in total. The predicted molar refractivity (Wildman–Crippen MR) is 141 cm³/mol. The van der Waals surface area contributed by atoms with Crippen molar-refractivity contribution in [1.82, 2.24) is 10.2 Å². The number of carbonyl (C=O) groups excluding carboxylic acids is 3. The van der Waals surface area contributed by atoms with E-state index in [1.807, 2.05) is 19.9 Å². The summed E-state index contributed by atoms with van der Waals surface area (Å²) in [7, 11) is 1.55. The van der Waals surface area contributed by atoms with Crippen LogP contribution in [0.1, 0.15) is 52.6 Å². The second-order valence-electron chi connectivity index (χ2n) is 9.66. The van der Waals surface area contributed by atoms with Crippen molar-refractivity contribution in [2.75, 3.05) is 19.0 Å². The molecule has 0 heterocycles. The third kappa shape index (κ3) is 8.53. The first-order valence-corrected chi connectivity index (χ1v) is 12.2. The van der Waals surface area contributed by atoms with E-state index < -0.39 is 35.6 Å². The minimum absolute atomic E-state index is 0.290. The summed E-state index contributed by atoms with van der Waals surface area (Å²) in [5.41, 5.74) is 0.267. The molecule has 0 aliphatic carbocycles. The topological polar surface area (TPSA) is 121 Å². The van der Waals surface area contributed by atoms with Gasteiger partial charge < -0.3 is 25.0 Å². The number of alkyl carbamates (subject to hydrolysis) is 1. The third-order valence-corrected chi connectivity index (χ3v) is 5.71. The lowest BCUT2D eigenvalue weighted by Gasteiger charge is -2.34. The van der Waals surface area contributed by atoms with E-state index in [1.54, 1.807) is 82.5 Å². The van der Waals surface area contributed by atoms with Crippen LogP contribution in [0, 0.1) is 17.2 Å². The molecular formula is C28H36N4O5. The average molecular weight is 509 g/mol. The van der Waals surface area contributed by atoms with Gasteiger partial charge in [0.15, 0.2) is 0 Å². The number of nitrogens with one attached hydrogen (secondary N) is 2. The Kier molecular flexibility index (Phi) is 10.5. The Morgan fingerprint density at radius 3 is 2.19 bits per heavy atom. The number of anilines is 1. The summed E-state index contributed by atoms with van der Waals surface area (Å²) < 4.78 is 10.5. The van der Waals surface area contributed by atoms with E-state index >= 15 is 0 Å². The van der Waals surface area contributed by atoms with Gasteiger partial charge in [-0.1, -0.05) is 50.6 Å². The first-order valence-electron chi connectivity index (χ1n) is 12.2. The minimum Gasteiger partial charge on any atom is -0.497 e. The number of benzene rings is 2. The van der Waals surface area contributed by atoms with Crippen LogP contribution in [0.15, 0.2) is 54.6 Å². The molecule has 0 saturated carbocycles. The molecule has 0 aliphatic heterocycles. The highest BCUT2D eigenvalue weighted by Gasteiger charge is 2.38. The summed E-state index contributed by atoms with van der Waals surface area (Å²) in [4.78, 5) is 41.3. The lowest BCUT2D eigenvalue weighted by Crippen LogP contribution is -2.54. The average Bonchev–Trinajstić information content (AvgIpc) is 2.86. The van der Waals surface area contributed by atoms with Gasteiger partial charge in [0, 0.05) is 5.69 Å². The molecule has 9 heteroatoms. The number of methoxy groups -OCH3 is 1. The lowest BCUT2D eigenvalue weighted by atomic mass is 9.95. The standard InChI is InChI=1S/C28H36N4O5/c1-7-19(2)23(31-27(35)37-28(3,4)5)26(34)32(18-17-29)24(20-11-9-8-10-12-20)25(33)30-21-13-15-22(36-6)16-14-21/h8-16,19,23-24H,7,18H2,1-6H3,(H,30,33)(H,31,35). The molecule has 0 bridgehead atoms. The second kappa shape index (κ2) is 13.3. The summed E-state index contributed by atoms with van der Waals surface area (Å²) in [6, 6.07) is 15.4. The number of carbonyl (C=O) groups is 3. The molecule has 3 unspecified atom stereocenters. The molecule has 2 rings (SSSR count). The van der Waals surface area contributed by atoms with Crippen molar-refractivity contribution in [3.8, 4) is 11.8 Å². The molecule has 0 aromatic heterocycles. The molecular weight excluding hydrogens is 472 g/mol. The fourth-order valence-corrected chi connectivity index (χ4v) is 3.66. The second-order valence-corrected chi connectivity index (χ2v) is 9.66. The molecule has 37 heavy (non-hydrogen) atoms. The van der Waals surface area contributed by atoms with Gasteiger partial charge in [-0.3, -0.25) is 9.59 Å². The number of nitrogens with zero attached hydrogens (tertiary/aromatic N) is 2. The summed E-state index contributed by atoms with van der Waals surface area (Å²) in [6.07, 6.45) is -0.178. The molecule has 0 aliphatic rings. The van der Waals surface area contributed by atoms with E-state index in [0.717, 1.165) is 0 Å². The van der Waals surface area contributed by atoms with Crippen LogP contribution in [-0.2, 0) is 14.3 Å². The van der Waals surface area contributed by atoms with Crippen LogP contribution in [0.25, 0.3) is 0 Å². The first kappa shape index (κ1) is 29.2. The van der Waals surface area contributed by atoms with Crippen LogP contribution in [0.5, 0.6) is 5.75 Å². The quantitative estimate of drug-likeness (QED) is 0.450. The van der Waals surface area contributed by atoms with Crippen molar-refractivity contribution in [3.63, 3.8) is 0 Å².